The molecule has 19 heavy (non-hydrogen) atoms. The lowest BCUT2D eigenvalue weighted by atomic mass is 9.91. The molecular weight excluding hydrogens is 264 g/mol. The predicted octanol–water partition coefficient (Wildman–Crippen LogP) is 1.90. The van der Waals surface area contributed by atoms with Crippen molar-refractivity contribution < 1.29 is 10.0 Å². The van der Waals surface area contributed by atoms with E-state index in [-0.39, 0.29) is 11.3 Å². The summed E-state index contributed by atoms with van der Waals surface area (Å²) in [6, 6.07) is 0. The molecule has 1 aliphatic rings. The van der Waals surface area contributed by atoms with Crippen LogP contribution in [0, 0.1) is 0 Å². The van der Waals surface area contributed by atoms with Crippen LogP contribution in [0.1, 0.15) is 49.0 Å². The van der Waals surface area contributed by atoms with Crippen molar-refractivity contribution in [2.45, 2.75) is 39.0 Å². The van der Waals surface area contributed by atoms with E-state index in [2.05, 4.69) is 14.7 Å². The van der Waals surface area contributed by atoms with Crippen LogP contribution < -0.4 is 0 Å². The smallest absolute Gasteiger partial charge is 0.267 e. The van der Waals surface area contributed by atoms with Crippen molar-refractivity contribution >= 4 is 23.2 Å². The zero-order valence-electron chi connectivity index (χ0n) is 11.4. The first-order chi connectivity index (χ1) is 8.93. The molecule has 1 amide bonds. The van der Waals surface area contributed by atoms with E-state index in [1.165, 1.54) is 0 Å². The minimum atomic E-state index is -0.189. The molecule has 0 saturated carbocycles. The molecule has 0 atom stereocenters. The zero-order valence-corrected chi connectivity index (χ0v) is 12.2. The second-order valence-corrected chi connectivity index (χ2v) is 6.41. The van der Waals surface area contributed by atoms with Gasteiger partial charge in [0.2, 0.25) is 0 Å². The van der Waals surface area contributed by atoms with E-state index in [1.807, 2.05) is 20.8 Å². The Morgan fingerprint density at radius 2 is 2.00 bits per heavy atom. The Morgan fingerprint density at radius 3 is 2.53 bits per heavy atom. The third-order valence-electron chi connectivity index (χ3n) is 3.16. The quantitative estimate of drug-likeness (QED) is 0.630. The molecule has 0 spiro atoms. The summed E-state index contributed by atoms with van der Waals surface area (Å²) in [5, 5.41) is 16.0. The molecule has 1 saturated heterocycles. The average molecular weight is 282 g/mol. The maximum Gasteiger partial charge on any atom is 0.267 e. The van der Waals surface area contributed by atoms with E-state index in [1.54, 1.807) is 4.90 Å². The summed E-state index contributed by atoms with van der Waals surface area (Å²) in [4.78, 5) is 14.9. The van der Waals surface area contributed by atoms with E-state index in [9.17, 15) is 4.79 Å². The Morgan fingerprint density at radius 1 is 1.37 bits per heavy atom. The fourth-order valence-electron chi connectivity index (χ4n) is 2.03. The maximum absolute atomic E-state index is 12.5. The van der Waals surface area contributed by atoms with E-state index in [0.29, 0.717) is 30.8 Å². The minimum Gasteiger partial charge on any atom is -0.411 e. The van der Waals surface area contributed by atoms with Crippen molar-refractivity contribution in [1.82, 2.24) is 14.5 Å². The summed E-state index contributed by atoms with van der Waals surface area (Å²) >= 11 is 1.15. The van der Waals surface area contributed by atoms with Crippen LogP contribution in [0.3, 0.4) is 0 Å². The number of oxime groups is 1. The molecular formula is C12H18N4O2S. The van der Waals surface area contributed by atoms with E-state index in [4.69, 9.17) is 5.21 Å². The first kappa shape index (κ1) is 13.9. The highest BCUT2D eigenvalue weighted by atomic mass is 32.1. The lowest BCUT2D eigenvalue weighted by Gasteiger charge is -2.27. The van der Waals surface area contributed by atoms with Crippen LogP contribution in [0.4, 0.5) is 0 Å². The van der Waals surface area contributed by atoms with Crippen LogP contribution in [0.25, 0.3) is 0 Å². The fourth-order valence-corrected chi connectivity index (χ4v) is 2.88. The van der Waals surface area contributed by atoms with Gasteiger partial charge in [-0.25, -0.2) is 0 Å². The van der Waals surface area contributed by atoms with Gasteiger partial charge in [0.05, 0.1) is 11.4 Å². The first-order valence-electron chi connectivity index (χ1n) is 6.25. The number of amides is 1. The number of aromatic nitrogens is 2. The second kappa shape index (κ2) is 5.24. The molecule has 1 aromatic heterocycles. The standard InChI is InChI=1S/C12H18N4O2S/c1-12(2,3)10-9(19-15-13-10)11(17)16-6-4-8(14-18)5-7-16/h18H,4-7H2,1-3H3. The monoisotopic (exact) mass is 282 g/mol. The third kappa shape index (κ3) is 2.91. The highest BCUT2D eigenvalue weighted by Gasteiger charge is 2.30. The molecule has 1 aromatic rings. The van der Waals surface area contributed by atoms with Gasteiger partial charge in [0, 0.05) is 31.3 Å². The molecule has 104 valence electrons. The molecule has 6 nitrogen and oxygen atoms in total. The van der Waals surface area contributed by atoms with Gasteiger partial charge in [0.25, 0.3) is 5.91 Å². The van der Waals surface area contributed by atoms with Gasteiger partial charge in [-0.2, -0.15) is 0 Å². The van der Waals surface area contributed by atoms with Crippen molar-refractivity contribution in [1.29, 1.82) is 0 Å². The molecule has 0 radical (unpaired) electrons. The summed E-state index contributed by atoms with van der Waals surface area (Å²) in [5.41, 5.74) is 1.32. The van der Waals surface area contributed by atoms with Crippen LogP contribution >= 0.6 is 11.5 Å². The van der Waals surface area contributed by atoms with Crippen molar-refractivity contribution in [2.24, 2.45) is 5.16 Å². The van der Waals surface area contributed by atoms with Crippen LogP contribution in [-0.2, 0) is 5.41 Å². The Bertz CT molecular complexity index is 494. The van der Waals surface area contributed by atoms with Crippen molar-refractivity contribution in [3.05, 3.63) is 10.6 Å². The number of likely N-dealkylation sites (tertiary alicyclic amines) is 1. The number of rotatable bonds is 1. The summed E-state index contributed by atoms with van der Waals surface area (Å²) < 4.78 is 3.92. The SMILES string of the molecule is CC(C)(C)c1nnsc1C(=O)N1CCC(=NO)CC1. The van der Waals surface area contributed by atoms with Crippen LogP contribution in [-0.4, -0.2) is 44.4 Å². The summed E-state index contributed by atoms with van der Waals surface area (Å²) in [7, 11) is 0. The number of carbonyl (C=O) groups excluding carboxylic acids is 1. The Kier molecular flexibility index (Phi) is 3.84. The number of carbonyl (C=O) groups is 1. The molecule has 0 unspecified atom stereocenters. The number of nitrogens with zero attached hydrogens (tertiary/aromatic N) is 4. The Hall–Kier alpha value is -1.50. The fraction of sp³-hybridized carbons (Fsp3) is 0.667. The van der Waals surface area contributed by atoms with Gasteiger partial charge >= 0.3 is 0 Å². The van der Waals surface area contributed by atoms with Crippen LogP contribution in [0.15, 0.2) is 5.16 Å². The van der Waals surface area contributed by atoms with E-state index >= 15 is 0 Å². The molecule has 1 N–H and O–H groups in total. The van der Waals surface area contributed by atoms with Crippen molar-refractivity contribution in [3.63, 3.8) is 0 Å². The Labute approximate surface area is 116 Å². The van der Waals surface area contributed by atoms with Crippen LogP contribution in [0.2, 0.25) is 0 Å². The largest absolute Gasteiger partial charge is 0.411 e. The minimum absolute atomic E-state index is 0.0167. The summed E-state index contributed by atoms with van der Waals surface area (Å²) in [6.45, 7) is 7.23. The highest BCUT2D eigenvalue weighted by Crippen LogP contribution is 2.27. The lowest BCUT2D eigenvalue weighted by molar-refractivity contribution is 0.0756. The lowest BCUT2D eigenvalue weighted by Crippen LogP contribution is -2.39. The van der Waals surface area contributed by atoms with E-state index in [0.717, 1.165) is 22.9 Å². The molecule has 0 aromatic carbocycles. The molecule has 0 aliphatic carbocycles. The van der Waals surface area contributed by atoms with Gasteiger partial charge < -0.3 is 10.1 Å². The van der Waals surface area contributed by atoms with Gasteiger partial charge in [-0.15, -0.1) is 5.10 Å². The molecule has 2 heterocycles. The van der Waals surface area contributed by atoms with Gasteiger partial charge in [-0.3, -0.25) is 4.79 Å². The van der Waals surface area contributed by atoms with Crippen LogP contribution in [0.5, 0.6) is 0 Å². The summed E-state index contributed by atoms with van der Waals surface area (Å²) in [5.74, 6) is -0.0167. The van der Waals surface area contributed by atoms with Gasteiger partial charge in [-0.1, -0.05) is 30.4 Å². The van der Waals surface area contributed by atoms with Crippen molar-refractivity contribution in [3.8, 4) is 0 Å². The van der Waals surface area contributed by atoms with Gasteiger partial charge in [-0.05, 0) is 11.5 Å². The maximum atomic E-state index is 12.5. The number of piperidine rings is 1. The number of hydrogen-bond donors (Lipinski definition) is 1. The second-order valence-electron chi connectivity index (χ2n) is 5.66. The topological polar surface area (TPSA) is 78.7 Å². The molecule has 0 bridgehead atoms. The number of hydrogen-bond acceptors (Lipinski definition) is 6. The Balaban J connectivity index is 2.15. The molecule has 7 heteroatoms. The van der Waals surface area contributed by atoms with Gasteiger partial charge in [0.15, 0.2) is 0 Å². The van der Waals surface area contributed by atoms with E-state index < -0.39 is 0 Å². The normalized spacial score (nSPS) is 16.6. The molecule has 2 rings (SSSR count). The molecule has 1 fully saturated rings. The first-order valence-corrected chi connectivity index (χ1v) is 7.02. The summed E-state index contributed by atoms with van der Waals surface area (Å²) in [6.07, 6.45) is 1.25. The zero-order chi connectivity index (χ0) is 14.0. The predicted molar refractivity (Wildman–Crippen MR) is 73.0 cm³/mol. The highest BCUT2D eigenvalue weighted by molar-refractivity contribution is 7.08. The third-order valence-corrected chi connectivity index (χ3v) is 3.88. The van der Waals surface area contributed by atoms with Gasteiger partial charge in [0.1, 0.15) is 4.88 Å². The average Bonchev–Trinajstić information content (AvgIpc) is 2.87. The molecule has 1 aliphatic heterocycles. The van der Waals surface area contributed by atoms with Crippen molar-refractivity contribution in [2.75, 3.05) is 13.1 Å².